The number of methoxy groups -OCH3 is 1. The minimum Gasteiger partial charge on any atom is -0.497 e. The first-order valence-corrected chi connectivity index (χ1v) is 11.3. The van der Waals surface area contributed by atoms with Crippen LogP contribution >= 0.6 is 0 Å². The van der Waals surface area contributed by atoms with Gasteiger partial charge in [-0.15, -0.1) is 0 Å². The third-order valence-corrected chi connectivity index (χ3v) is 4.93. The molecule has 7 heteroatoms. The number of unbranched alkanes of at least 4 members (excludes halogenated alkanes) is 1. The van der Waals surface area contributed by atoms with Gasteiger partial charge in [-0.2, -0.15) is 0 Å². The van der Waals surface area contributed by atoms with Gasteiger partial charge in [-0.25, -0.2) is 8.42 Å². The van der Waals surface area contributed by atoms with Crippen molar-refractivity contribution in [2.45, 2.75) is 45.6 Å². The average Bonchev–Trinajstić information content (AvgIpc) is 2.60. The molecule has 0 saturated carbocycles. The predicted octanol–water partition coefficient (Wildman–Crippen LogP) is 2.40. The Morgan fingerprint density at radius 3 is 2.50 bits per heavy atom. The van der Waals surface area contributed by atoms with Gasteiger partial charge in [0.25, 0.3) is 0 Å². The number of sulfone groups is 1. The molecule has 0 aromatic heterocycles. The predicted molar refractivity (Wildman–Crippen MR) is 109 cm³/mol. The van der Waals surface area contributed by atoms with Crippen molar-refractivity contribution in [3.8, 4) is 5.75 Å². The summed E-state index contributed by atoms with van der Waals surface area (Å²) >= 11 is 0. The minimum absolute atomic E-state index is 0.0572. The normalized spacial score (nSPS) is 13.3. The van der Waals surface area contributed by atoms with Crippen molar-refractivity contribution in [2.24, 2.45) is 4.99 Å². The summed E-state index contributed by atoms with van der Waals surface area (Å²) in [5, 5.41) is 6.48. The molecule has 0 amide bonds. The Balaban J connectivity index is 2.35. The van der Waals surface area contributed by atoms with Gasteiger partial charge in [0.15, 0.2) is 5.96 Å². The van der Waals surface area contributed by atoms with Crippen LogP contribution in [0.4, 0.5) is 0 Å². The summed E-state index contributed by atoms with van der Waals surface area (Å²) in [5.74, 6) is 1.81. The molecule has 148 valence electrons. The summed E-state index contributed by atoms with van der Waals surface area (Å²) in [4.78, 5) is 4.58. The highest BCUT2D eigenvalue weighted by molar-refractivity contribution is 7.90. The molecular formula is C19H33N3O3S. The Morgan fingerprint density at radius 2 is 1.92 bits per heavy atom. The van der Waals surface area contributed by atoms with Crippen LogP contribution in [-0.2, 0) is 16.3 Å². The van der Waals surface area contributed by atoms with Gasteiger partial charge >= 0.3 is 0 Å². The lowest BCUT2D eigenvalue weighted by molar-refractivity contribution is 0.414. The molecule has 0 aliphatic rings. The standard InChI is InChI=1S/C19H33N3O3S/c1-5-20-19(22-16(2)13-15-26(4,23)24)21-14-7-6-8-17-9-11-18(25-3)12-10-17/h9-12,16H,5-8,13-15H2,1-4H3,(H2,20,21,22). The van der Waals surface area contributed by atoms with Gasteiger partial charge in [0, 0.05) is 25.4 Å². The van der Waals surface area contributed by atoms with E-state index in [1.165, 1.54) is 11.8 Å². The Kier molecular flexibility index (Phi) is 10.1. The number of nitrogens with one attached hydrogen (secondary N) is 2. The second kappa shape index (κ2) is 11.8. The van der Waals surface area contributed by atoms with Crippen LogP contribution in [0.3, 0.4) is 0 Å². The van der Waals surface area contributed by atoms with Gasteiger partial charge < -0.3 is 15.4 Å². The molecule has 1 aromatic rings. The topological polar surface area (TPSA) is 79.8 Å². The Labute approximate surface area is 158 Å². The molecule has 0 fully saturated rings. The molecule has 0 aliphatic carbocycles. The van der Waals surface area contributed by atoms with Crippen LogP contribution in [0.2, 0.25) is 0 Å². The fourth-order valence-electron chi connectivity index (χ4n) is 2.44. The number of benzene rings is 1. The van der Waals surface area contributed by atoms with Gasteiger partial charge in [0.05, 0.1) is 12.9 Å². The van der Waals surface area contributed by atoms with Crippen LogP contribution in [0, 0.1) is 0 Å². The lowest BCUT2D eigenvalue weighted by Gasteiger charge is -2.17. The fraction of sp³-hybridized carbons (Fsp3) is 0.632. The van der Waals surface area contributed by atoms with E-state index in [2.05, 4.69) is 27.8 Å². The highest BCUT2D eigenvalue weighted by Crippen LogP contribution is 2.13. The number of aryl methyl sites for hydroxylation is 1. The van der Waals surface area contributed by atoms with Crippen LogP contribution in [0.1, 0.15) is 38.7 Å². The lowest BCUT2D eigenvalue weighted by Crippen LogP contribution is -2.42. The third-order valence-electron chi connectivity index (χ3n) is 3.95. The zero-order chi connectivity index (χ0) is 19.4. The zero-order valence-electron chi connectivity index (χ0n) is 16.4. The van der Waals surface area contributed by atoms with E-state index in [0.717, 1.165) is 44.1 Å². The van der Waals surface area contributed by atoms with E-state index in [1.54, 1.807) is 7.11 Å². The largest absolute Gasteiger partial charge is 0.497 e. The molecule has 1 aromatic carbocycles. The smallest absolute Gasteiger partial charge is 0.191 e. The van der Waals surface area contributed by atoms with Crippen molar-refractivity contribution < 1.29 is 13.2 Å². The first-order chi connectivity index (χ1) is 12.3. The number of rotatable bonds is 11. The van der Waals surface area contributed by atoms with Gasteiger partial charge in [0.2, 0.25) is 0 Å². The van der Waals surface area contributed by atoms with Crippen molar-refractivity contribution >= 4 is 15.8 Å². The lowest BCUT2D eigenvalue weighted by atomic mass is 10.1. The number of guanidine groups is 1. The first kappa shape index (κ1) is 22.3. The summed E-state index contributed by atoms with van der Waals surface area (Å²) in [6, 6.07) is 8.22. The van der Waals surface area contributed by atoms with Gasteiger partial charge in [-0.3, -0.25) is 4.99 Å². The molecule has 0 heterocycles. The Morgan fingerprint density at radius 1 is 1.23 bits per heavy atom. The molecular weight excluding hydrogens is 350 g/mol. The highest BCUT2D eigenvalue weighted by Gasteiger charge is 2.09. The molecule has 26 heavy (non-hydrogen) atoms. The molecule has 1 atom stereocenters. The maximum absolute atomic E-state index is 11.3. The second-order valence-electron chi connectivity index (χ2n) is 6.53. The van der Waals surface area contributed by atoms with E-state index in [-0.39, 0.29) is 11.8 Å². The Hall–Kier alpha value is -1.76. The first-order valence-electron chi connectivity index (χ1n) is 9.19. The molecule has 0 aliphatic heterocycles. The Bertz CT molecular complexity index is 642. The minimum atomic E-state index is -2.93. The summed E-state index contributed by atoms with van der Waals surface area (Å²) in [5.41, 5.74) is 1.30. The van der Waals surface area contributed by atoms with Crippen LogP contribution < -0.4 is 15.4 Å². The van der Waals surface area contributed by atoms with E-state index < -0.39 is 9.84 Å². The van der Waals surface area contributed by atoms with Crippen LogP contribution in [0.15, 0.2) is 29.3 Å². The van der Waals surface area contributed by atoms with Crippen molar-refractivity contribution in [3.05, 3.63) is 29.8 Å². The molecule has 6 nitrogen and oxygen atoms in total. The number of hydrogen-bond donors (Lipinski definition) is 2. The van der Waals surface area contributed by atoms with E-state index in [1.807, 2.05) is 26.0 Å². The summed E-state index contributed by atoms with van der Waals surface area (Å²) in [6.07, 6.45) is 4.93. The molecule has 1 rings (SSSR count). The number of hydrogen-bond acceptors (Lipinski definition) is 4. The number of nitrogens with zero attached hydrogens (tertiary/aromatic N) is 1. The van der Waals surface area contributed by atoms with E-state index in [4.69, 9.17) is 4.74 Å². The molecule has 0 saturated heterocycles. The van der Waals surface area contributed by atoms with Gasteiger partial charge in [0.1, 0.15) is 15.6 Å². The van der Waals surface area contributed by atoms with E-state index >= 15 is 0 Å². The van der Waals surface area contributed by atoms with Gasteiger partial charge in [-0.05, 0) is 57.2 Å². The van der Waals surface area contributed by atoms with Crippen LogP contribution in [-0.4, -0.2) is 52.6 Å². The molecule has 0 bridgehead atoms. The fourth-order valence-corrected chi connectivity index (χ4v) is 3.22. The van der Waals surface area contributed by atoms with E-state index in [0.29, 0.717) is 6.42 Å². The van der Waals surface area contributed by atoms with Crippen molar-refractivity contribution in [1.29, 1.82) is 0 Å². The van der Waals surface area contributed by atoms with Crippen molar-refractivity contribution in [3.63, 3.8) is 0 Å². The average molecular weight is 384 g/mol. The van der Waals surface area contributed by atoms with Crippen LogP contribution in [0.25, 0.3) is 0 Å². The third kappa shape index (κ3) is 10.3. The highest BCUT2D eigenvalue weighted by atomic mass is 32.2. The zero-order valence-corrected chi connectivity index (χ0v) is 17.2. The summed E-state index contributed by atoms with van der Waals surface area (Å²) < 4.78 is 27.7. The number of ether oxygens (including phenoxy) is 1. The monoisotopic (exact) mass is 383 g/mol. The quantitative estimate of drug-likeness (QED) is 0.348. The molecule has 1 unspecified atom stereocenters. The van der Waals surface area contributed by atoms with Crippen molar-refractivity contribution in [1.82, 2.24) is 10.6 Å². The van der Waals surface area contributed by atoms with Gasteiger partial charge in [-0.1, -0.05) is 12.1 Å². The van der Waals surface area contributed by atoms with E-state index in [9.17, 15) is 8.42 Å². The maximum atomic E-state index is 11.3. The van der Waals surface area contributed by atoms with Crippen molar-refractivity contribution in [2.75, 3.05) is 32.2 Å². The summed E-state index contributed by atoms with van der Waals surface area (Å²) in [7, 11) is -1.26. The SMILES string of the molecule is CCNC(=NCCCCc1ccc(OC)cc1)NC(C)CCS(C)(=O)=O. The second-order valence-corrected chi connectivity index (χ2v) is 8.79. The maximum Gasteiger partial charge on any atom is 0.191 e. The molecule has 0 radical (unpaired) electrons. The van der Waals surface area contributed by atoms with Crippen LogP contribution in [0.5, 0.6) is 5.75 Å². The molecule has 0 spiro atoms. The number of aliphatic imine (C=N–C) groups is 1. The molecule has 2 N–H and O–H groups in total. The summed E-state index contributed by atoms with van der Waals surface area (Å²) in [6.45, 7) is 5.50.